The molecule has 0 aromatic carbocycles. The van der Waals surface area contributed by atoms with Crippen molar-refractivity contribution in [2.75, 3.05) is 0 Å². The van der Waals surface area contributed by atoms with Crippen molar-refractivity contribution >= 4 is 0 Å². The van der Waals surface area contributed by atoms with Gasteiger partial charge in [-0.05, 0) is 18.3 Å². The highest BCUT2D eigenvalue weighted by Gasteiger charge is 2.67. The van der Waals surface area contributed by atoms with E-state index < -0.39 is 17.7 Å². The van der Waals surface area contributed by atoms with Crippen LogP contribution in [0.15, 0.2) is 0 Å². The molecule has 1 saturated carbocycles. The topological polar surface area (TPSA) is 20.2 Å². The molecule has 0 amide bonds. The van der Waals surface area contributed by atoms with E-state index in [1.807, 2.05) is 0 Å². The Morgan fingerprint density at radius 1 is 1.38 bits per heavy atom. The summed E-state index contributed by atoms with van der Waals surface area (Å²) in [7, 11) is 0. The average Bonchev–Trinajstić information content (AvgIpc) is 2.56. The van der Waals surface area contributed by atoms with Gasteiger partial charge >= 0.3 is 6.18 Å². The largest absolute Gasteiger partial charge is 0.417 e. The predicted octanol–water partition coefficient (Wildman–Crippen LogP) is 2.74. The van der Waals surface area contributed by atoms with Crippen molar-refractivity contribution in [3.05, 3.63) is 0 Å². The van der Waals surface area contributed by atoms with Crippen LogP contribution >= 0.6 is 0 Å². The molecule has 0 bridgehead atoms. The standard InChI is InChI=1S/C9H15F3O/c1-4-8(13,9(10,11)12)6-5-7(6,2)3/h6,13H,4-5H2,1-3H3. The molecule has 0 radical (unpaired) electrons. The molecule has 0 aromatic rings. The SMILES string of the molecule is CCC(O)(C1CC1(C)C)C(F)(F)F. The van der Waals surface area contributed by atoms with Crippen LogP contribution in [0.2, 0.25) is 0 Å². The third-order valence-corrected chi connectivity index (χ3v) is 3.12. The second-order valence-corrected chi connectivity index (χ2v) is 4.52. The number of hydrogen-bond donors (Lipinski definition) is 1. The normalized spacial score (nSPS) is 31.2. The van der Waals surface area contributed by atoms with Crippen LogP contribution < -0.4 is 0 Å². The molecule has 1 aliphatic rings. The highest BCUT2D eigenvalue weighted by atomic mass is 19.4. The summed E-state index contributed by atoms with van der Waals surface area (Å²) in [4.78, 5) is 0. The lowest BCUT2D eigenvalue weighted by atomic mass is 9.89. The Morgan fingerprint density at radius 3 is 1.85 bits per heavy atom. The van der Waals surface area contributed by atoms with Gasteiger partial charge in [-0.1, -0.05) is 20.8 Å². The van der Waals surface area contributed by atoms with Gasteiger partial charge in [0.1, 0.15) is 0 Å². The molecule has 4 heteroatoms. The van der Waals surface area contributed by atoms with Crippen molar-refractivity contribution in [3.8, 4) is 0 Å². The van der Waals surface area contributed by atoms with Crippen molar-refractivity contribution in [1.29, 1.82) is 0 Å². The summed E-state index contributed by atoms with van der Waals surface area (Å²) in [6.45, 7) is 4.88. The van der Waals surface area contributed by atoms with Gasteiger partial charge in [0.25, 0.3) is 0 Å². The van der Waals surface area contributed by atoms with Crippen LogP contribution in [0.25, 0.3) is 0 Å². The first-order valence-electron chi connectivity index (χ1n) is 4.44. The lowest BCUT2D eigenvalue weighted by molar-refractivity contribution is -0.272. The van der Waals surface area contributed by atoms with Gasteiger partial charge in [-0.15, -0.1) is 0 Å². The van der Waals surface area contributed by atoms with Gasteiger partial charge in [-0.3, -0.25) is 0 Å². The zero-order chi connectivity index (χ0) is 10.5. The van der Waals surface area contributed by atoms with Crippen molar-refractivity contribution in [2.24, 2.45) is 11.3 Å². The van der Waals surface area contributed by atoms with Crippen molar-refractivity contribution in [3.63, 3.8) is 0 Å². The first-order valence-corrected chi connectivity index (χ1v) is 4.44. The molecule has 1 aliphatic carbocycles. The third kappa shape index (κ3) is 1.56. The van der Waals surface area contributed by atoms with Crippen molar-refractivity contribution in [1.82, 2.24) is 0 Å². The molecule has 0 heterocycles. The van der Waals surface area contributed by atoms with Gasteiger partial charge in [-0.2, -0.15) is 13.2 Å². The number of halogens is 3. The average molecular weight is 196 g/mol. The van der Waals surface area contributed by atoms with Gasteiger partial charge in [-0.25, -0.2) is 0 Å². The van der Waals surface area contributed by atoms with Gasteiger partial charge in [0.05, 0.1) is 0 Å². The van der Waals surface area contributed by atoms with Gasteiger partial charge < -0.3 is 5.11 Å². The van der Waals surface area contributed by atoms with E-state index in [-0.39, 0.29) is 11.8 Å². The highest BCUT2D eigenvalue weighted by Crippen LogP contribution is 2.61. The first kappa shape index (κ1) is 10.8. The molecule has 1 nitrogen and oxygen atoms in total. The second-order valence-electron chi connectivity index (χ2n) is 4.52. The fourth-order valence-corrected chi connectivity index (χ4v) is 1.93. The number of alkyl halides is 3. The van der Waals surface area contributed by atoms with Crippen LogP contribution in [-0.4, -0.2) is 16.9 Å². The van der Waals surface area contributed by atoms with Crippen molar-refractivity contribution in [2.45, 2.75) is 45.4 Å². The number of aliphatic hydroxyl groups is 1. The molecule has 2 atom stereocenters. The first-order chi connectivity index (χ1) is 5.65. The fraction of sp³-hybridized carbons (Fsp3) is 1.00. The Hall–Kier alpha value is -0.250. The molecular formula is C9H15F3O. The molecule has 1 rings (SSSR count). The molecule has 13 heavy (non-hydrogen) atoms. The smallest absolute Gasteiger partial charge is 0.380 e. The Balaban J connectivity index is 2.85. The van der Waals surface area contributed by atoms with Gasteiger partial charge in [0, 0.05) is 5.92 Å². The Morgan fingerprint density at radius 2 is 1.77 bits per heavy atom. The van der Waals surface area contributed by atoms with E-state index in [1.165, 1.54) is 6.92 Å². The van der Waals surface area contributed by atoms with E-state index in [2.05, 4.69) is 0 Å². The lowest BCUT2D eigenvalue weighted by Gasteiger charge is -2.31. The summed E-state index contributed by atoms with van der Waals surface area (Å²) in [6.07, 6.45) is -4.30. The number of hydrogen-bond acceptors (Lipinski definition) is 1. The van der Waals surface area contributed by atoms with Crippen LogP contribution in [0.5, 0.6) is 0 Å². The zero-order valence-electron chi connectivity index (χ0n) is 8.07. The molecule has 78 valence electrons. The highest BCUT2D eigenvalue weighted by molar-refractivity contribution is 5.09. The Bertz CT molecular complexity index is 209. The minimum atomic E-state index is -4.50. The Kier molecular flexibility index (Phi) is 2.19. The van der Waals surface area contributed by atoms with E-state index in [9.17, 15) is 18.3 Å². The van der Waals surface area contributed by atoms with Gasteiger partial charge in [0.15, 0.2) is 5.60 Å². The summed E-state index contributed by atoms with van der Waals surface area (Å²) < 4.78 is 37.5. The summed E-state index contributed by atoms with van der Waals surface area (Å²) in [5, 5.41) is 9.51. The predicted molar refractivity (Wildman–Crippen MR) is 43.2 cm³/mol. The van der Waals surface area contributed by atoms with E-state index >= 15 is 0 Å². The van der Waals surface area contributed by atoms with Crippen molar-refractivity contribution < 1.29 is 18.3 Å². The molecular weight excluding hydrogens is 181 g/mol. The minimum Gasteiger partial charge on any atom is -0.380 e. The fourth-order valence-electron chi connectivity index (χ4n) is 1.93. The summed E-state index contributed by atoms with van der Waals surface area (Å²) in [5.74, 6) is -0.634. The third-order valence-electron chi connectivity index (χ3n) is 3.12. The quantitative estimate of drug-likeness (QED) is 0.720. The minimum absolute atomic E-state index is 0.259. The van der Waals surface area contributed by atoms with Crippen LogP contribution in [0.3, 0.4) is 0 Å². The molecule has 2 unspecified atom stereocenters. The van der Waals surface area contributed by atoms with E-state index in [4.69, 9.17) is 0 Å². The van der Waals surface area contributed by atoms with E-state index in [1.54, 1.807) is 13.8 Å². The maximum Gasteiger partial charge on any atom is 0.417 e. The maximum absolute atomic E-state index is 12.5. The van der Waals surface area contributed by atoms with Crippen LogP contribution in [-0.2, 0) is 0 Å². The van der Waals surface area contributed by atoms with E-state index in [0.29, 0.717) is 6.42 Å². The van der Waals surface area contributed by atoms with Crippen LogP contribution in [0.1, 0.15) is 33.6 Å². The Labute approximate surface area is 75.9 Å². The molecule has 0 spiro atoms. The monoisotopic (exact) mass is 196 g/mol. The summed E-state index contributed by atoms with van der Waals surface area (Å²) in [5.41, 5.74) is -2.84. The summed E-state index contributed by atoms with van der Waals surface area (Å²) in [6, 6.07) is 0. The lowest BCUT2D eigenvalue weighted by Crippen LogP contribution is -2.47. The molecule has 0 aromatic heterocycles. The number of rotatable bonds is 2. The zero-order valence-corrected chi connectivity index (χ0v) is 8.07. The molecule has 0 aliphatic heterocycles. The van der Waals surface area contributed by atoms with E-state index in [0.717, 1.165) is 0 Å². The summed E-state index contributed by atoms with van der Waals surface area (Å²) >= 11 is 0. The van der Waals surface area contributed by atoms with Gasteiger partial charge in [0.2, 0.25) is 0 Å². The second kappa shape index (κ2) is 2.62. The van der Waals surface area contributed by atoms with Crippen LogP contribution in [0, 0.1) is 11.3 Å². The molecule has 1 fully saturated rings. The van der Waals surface area contributed by atoms with Crippen LogP contribution in [0.4, 0.5) is 13.2 Å². The molecule has 0 saturated heterocycles. The molecule has 1 N–H and O–H groups in total. The maximum atomic E-state index is 12.5.